The second-order valence-electron chi connectivity index (χ2n) is 3.24. The van der Waals surface area contributed by atoms with E-state index < -0.39 is 0 Å². The molecular weight excluding hydrogens is 136 g/mol. The van der Waals surface area contributed by atoms with Gasteiger partial charge in [-0.05, 0) is 25.5 Å². The van der Waals surface area contributed by atoms with E-state index in [0.717, 1.165) is 19.6 Å². The molecule has 1 aromatic heterocycles. The number of rotatable bonds is 0. The zero-order valence-corrected chi connectivity index (χ0v) is 7.15. The summed E-state index contributed by atoms with van der Waals surface area (Å²) < 4.78 is 2.41. The first-order valence-electron chi connectivity index (χ1n) is 4.15. The Labute approximate surface area is 67.2 Å². The first kappa shape index (κ1) is 6.92. The third-order valence-electron chi connectivity index (χ3n) is 2.44. The molecule has 1 aliphatic heterocycles. The molecule has 0 atom stereocenters. The van der Waals surface area contributed by atoms with Crippen molar-refractivity contribution in [2.45, 2.75) is 26.9 Å². The van der Waals surface area contributed by atoms with Gasteiger partial charge >= 0.3 is 0 Å². The van der Waals surface area contributed by atoms with Crippen molar-refractivity contribution in [1.82, 2.24) is 9.88 Å². The average molecular weight is 150 g/mol. The van der Waals surface area contributed by atoms with E-state index in [1.165, 1.54) is 17.0 Å². The highest BCUT2D eigenvalue weighted by molar-refractivity contribution is 5.27. The summed E-state index contributed by atoms with van der Waals surface area (Å²) in [5.74, 6) is 0. The fourth-order valence-electron chi connectivity index (χ4n) is 1.84. The molecule has 0 aliphatic carbocycles. The summed E-state index contributed by atoms with van der Waals surface area (Å²) in [6, 6.07) is 2.27. The minimum Gasteiger partial charge on any atom is -0.346 e. The Balaban J connectivity index is 2.52. The molecule has 0 spiro atoms. The maximum absolute atomic E-state index is 3.37. The van der Waals surface area contributed by atoms with E-state index >= 15 is 0 Å². The topological polar surface area (TPSA) is 17.0 Å². The largest absolute Gasteiger partial charge is 0.346 e. The van der Waals surface area contributed by atoms with E-state index in [4.69, 9.17) is 0 Å². The van der Waals surface area contributed by atoms with Crippen LogP contribution in [0.2, 0.25) is 0 Å². The van der Waals surface area contributed by atoms with Crippen LogP contribution in [-0.4, -0.2) is 11.1 Å². The lowest BCUT2D eigenvalue weighted by Gasteiger charge is -2.18. The van der Waals surface area contributed by atoms with Crippen LogP contribution in [0.3, 0.4) is 0 Å². The van der Waals surface area contributed by atoms with Crippen LogP contribution < -0.4 is 5.32 Å². The maximum Gasteiger partial charge on any atom is 0.0362 e. The van der Waals surface area contributed by atoms with Crippen LogP contribution in [0.1, 0.15) is 17.0 Å². The van der Waals surface area contributed by atoms with E-state index in [2.05, 4.69) is 29.8 Å². The number of hydrogen-bond acceptors (Lipinski definition) is 1. The second kappa shape index (κ2) is 2.38. The molecule has 0 fully saturated rings. The molecular formula is C9H14N2. The molecule has 0 aromatic carbocycles. The molecule has 0 saturated heterocycles. The Kier molecular flexibility index (Phi) is 1.50. The van der Waals surface area contributed by atoms with Crippen molar-refractivity contribution in [3.63, 3.8) is 0 Å². The fourth-order valence-corrected chi connectivity index (χ4v) is 1.84. The Bertz CT molecular complexity index is 247. The zero-order chi connectivity index (χ0) is 7.84. The van der Waals surface area contributed by atoms with Gasteiger partial charge in [0.25, 0.3) is 0 Å². The fraction of sp³-hybridized carbons (Fsp3) is 0.556. The summed E-state index contributed by atoms with van der Waals surface area (Å²) in [6.45, 7) is 7.66. The molecule has 2 heteroatoms. The van der Waals surface area contributed by atoms with Crippen molar-refractivity contribution in [1.29, 1.82) is 0 Å². The first-order chi connectivity index (χ1) is 5.29. The minimum atomic E-state index is 1.04. The molecule has 0 unspecified atom stereocenters. The van der Waals surface area contributed by atoms with Gasteiger partial charge < -0.3 is 9.88 Å². The van der Waals surface area contributed by atoms with Gasteiger partial charge in [0.1, 0.15) is 0 Å². The predicted octanol–water partition coefficient (Wildman–Crippen LogP) is 1.21. The molecule has 2 rings (SSSR count). The highest BCUT2D eigenvalue weighted by Crippen LogP contribution is 2.16. The number of nitrogens with zero attached hydrogens (tertiary/aromatic N) is 1. The molecule has 0 saturated carbocycles. The Hall–Kier alpha value is -0.760. The van der Waals surface area contributed by atoms with E-state index in [1.807, 2.05) is 0 Å². The van der Waals surface area contributed by atoms with Crippen molar-refractivity contribution in [3.8, 4) is 0 Å². The summed E-state index contributed by atoms with van der Waals surface area (Å²) >= 11 is 0. The van der Waals surface area contributed by atoms with Gasteiger partial charge in [-0.3, -0.25) is 0 Å². The van der Waals surface area contributed by atoms with Gasteiger partial charge in [-0.1, -0.05) is 0 Å². The number of aromatic nitrogens is 1. The lowest BCUT2D eigenvalue weighted by Crippen LogP contribution is -2.28. The Morgan fingerprint density at radius 2 is 2.27 bits per heavy atom. The average Bonchev–Trinajstić information content (AvgIpc) is 2.30. The summed E-state index contributed by atoms with van der Waals surface area (Å²) in [6.07, 6.45) is 0. The van der Waals surface area contributed by atoms with E-state index in [9.17, 15) is 0 Å². The quantitative estimate of drug-likeness (QED) is 0.588. The van der Waals surface area contributed by atoms with Crippen molar-refractivity contribution < 1.29 is 0 Å². The van der Waals surface area contributed by atoms with Crippen molar-refractivity contribution >= 4 is 0 Å². The molecule has 2 nitrogen and oxygen atoms in total. The van der Waals surface area contributed by atoms with Crippen molar-refractivity contribution in [2.75, 3.05) is 6.54 Å². The van der Waals surface area contributed by atoms with Gasteiger partial charge in [0, 0.05) is 31.0 Å². The molecule has 1 aromatic rings. The monoisotopic (exact) mass is 150 g/mol. The zero-order valence-electron chi connectivity index (χ0n) is 7.15. The van der Waals surface area contributed by atoms with Crippen molar-refractivity contribution in [3.05, 3.63) is 23.0 Å². The van der Waals surface area contributed by atoms with Gasteiger partial charge in [-0.2, -0.15) is 0 Å². The summed E-state index contributed by atoms with van der Waals surface area (Å²) in [4.78, 5) is 0. The van der Waals surface area contributed by atoms with Crippen LogP contribution in [0.25, 0.3) is 0 Å². The lowest BCUT2D eigenvalue weighted by atomic mass is 10.2. The second-order valence-corrected chi connectivity index (χ2v) is 3.24. The SMILES string of the molecule is Cc1cc(C)n2c1CNCC2. The Morgan fingerprint density at radius 1 is 1.45 bits per heavy atom. The highest BCUT2D eigenvalue weighted by atomic mass is 15.1. The van der Waals surface area contributed by atoms with E-state index in [1.54, 1.807) is 0 Å². The minimum absolute atomic E-state index is 1.04. The predicted molar refractivity (Wildman–Crippen MR) is 45.6 cm³/mol. The van der Waals surface area contributed by atoms with Gasteiger partial charge in [-0.25, -0.2) is 0 Å². The smallest absolute Gasteiger partial charge is 0.0362 e. The van der Waals surface area contributed by atoms with E-state index in [-0.39, 0.29) is 0 Å². The molecule has 2 heterocycles. The van der Waals surface area contributed by atoms with Gasteiger partial charge in [0.15, 0.2) is 0 Å². The number of hydrogen-bond donors (Lipinski definition) is 1. The first-order valence-corrected chi connectivity index (χ1v) is 4.15. The van der Waals surface area contributed by atoms with Crippen molar-refractivity contribution in [2.24, 2.45) is 0 Å². The third-order valence-corrected chi connectivity index (χ3v) is 2.44. The third kappa shape index (κ3) is 0.979. The van der Waals surface area contributed by atoms with Crippen LogP contribution in [0.15, 0.2) is 6.07 Å². The molecule has 11 heavy (non-hydrogen) atoms. The van der Waals surface area contributed by atoms with Crippen LogP contribution in [0.4, 0.5) is 0 Å². The van der Waals surface area contributed by atoms with Gasteiger partial charge in [0.05, 0.1) is 0 Å². The molecule has 0 amide bonds. The van der Waals surface area contributed by atoms with Crippen LogP contribution in [-0.2, 0) is 13.1 Å². The van der Waals surface area contributed by atoms with Crippen LogP contribution in [0, 0.1) is 13.8 Å². The summed E-state index contributed by atoms with van der Waals surface area (Å²) in [5, 5.41) is 3.37. The Morgan fingerprint density at radius 3 is 3.00 bits per heavy atom. The van der Waals surface area contributed by atoms with Gasteiger partial charge in [0.2, 0.25) is 0 Å². The molecule has 60 valence electrons. The maximum atomic E-state index is 3.37. The molecule has 1 N–H and O–H groups in total. The highest BCUT2D eigenvalue weighted by Gasteiger charge is 2.12. The molecule has 0 radical (unpaired) electrons. The number of fused-ring (bicyclic) bond motifs is 1. The van der Waals surface area contributed by atoms with Crippen LogP contribution >= 0.6 is 0 Å². The number of nitrogens with one attached hydrogen (secondary N) is 1. The summed E-state index contributed by atoms with van der Waals surface area (Å²) in [5.41, 5.74) is 4.29. The molecule has 0 bridgehead atoms. The summed E-state index contributed by atoms with van der Waals surface area (Å²) in [7, 11) is 0. The lowest BCUT2D eigenvalue weighted by molar-refractivity contribution is 0.507. The normalized spacial score (nSPS) is 16.5. The standard InChI is InChI=1S/C9H14N2/c1-7-5-8(2)11-4-3-10-6-9(7)11/h5,10H,3-4,6H2,1-2H3. The van der Waals surface area contributed by atoms with Gasteiger partial charge in [-0.15, -0.1) is 0 Å². The van der Waals surface area contributed by atoms with Crippen LogP contribution in [0.5, 0.6) is 0 Å². The molecule has 1 aliphatic rings. The number of aryl methyl sites for hydroxylation is 2. The van der Waals surface area contributed by atoms with E-state index in [0.29, 0.717) is 0 Å².